The Morgan fingerprint density at radius 2 is 2.23 bits per heavy atom. The van der Waals surface area contributed by atoms with Crippen LogP contribution < -0.4 is 0 Å². The van der Waals surface area contributed by atoms with Crippen molar-refractivity contribution in [1.82, 2.24) is 4.98 Å². The van der Waals surface area contributed by atoms with E-state index >= 15 is 0 Å². The molecule has 5 heteroatoms. The number of aryl methyl sites for hydroxylation is 1. The molecule has 0 atom stereocenters. The standard InChI is InChI=1S/C8H5ClF2N2/c1-4-6(9)2-5(3-12)7(13-4)8(10)11/h2,8H,1H3. The van der Waals surface area contributed by atoms with Crippen LogP contribution in [0.25, 0.3) is 0 Å². The maximum atomic E-state index is 12.3. The summed E-state index contributed by atoms with van der Waals surface area (Å²) < 4.78 is 24.5. The summed E-state index contributed by atoms with van der Waals surface area (Å²) in [7, 11) is 0. The van der Waals surface area contributed by atoms with Gasteiger partial charge in [0.15, 0.2) is 0 Å². The summed E-state index contributed by atoms with van der Waals surface area (Å²) in [6.45, 7) is 1.51. The molecule has 0 N–H and O–H groups in total. The highest BCUT2D eigenvalue weighted by atomic mass is 35.5. The summed E-state index contributed by atoms with van der Waals surface area (Å²) in [6.07, 6.45) is -2.74. The van der Waals surface area contributed by atoms with Gasteiger partial charge in [-0.1, -0.05) is 11.6 Å². The van der Waals surface area contributed by atoms with Gasteiger partial charge in [-0.25, -0.2) is 13.8 Å². The zero-order valence-electron chi connectivity index (χ0n) is 6.68. The second kappa shape index (κ2) is 3.67. The number of nitriles is 1. The minimum atomic E-state index is -2.74. The first-order valence-electron chi connectivity index (χ1n) is 3.41. The predicted octanol–water partition coefficient (Wildman–Crippen LogP) is 2.85. The van der Waals surface area contributed by atoms with Crippen LogP contribution in [0, 0.1) is 18.3 Å². The van der Waals surface area contributed by atoms with Crippen LogP contribution >= 0.6 is 11.6 Å². The Morgan fingerprint density at radius 3 is 2.69 bits per heavy atom. The van der Waals surface area contributed by atoms with E-state index in [1.54, 1.807) is 6.07 Å². The quantitative estimate of drug-likeness (QED) is 0.702. The van der Waals surface area contributed by atoms with Gasteiger partial charge in [0.1, 0.15) is 11.8 Å². The molecule has 68 valence electrons. The predicted molar refractivity (Wildman–Crippen MR) is 43.7 cm³/mol. The number of halogens is 3. The molecule has 0 spiro atoms. The molecule has 1 heterocycles. The van der Waals surface area contributed by atoms with Crippen LogP contribution in [-0.4, -0.2) is 4.98 Å². The van der Waals surface area contributed by atoms with Gasteiger partial charge in [-0.15, -0.1) is 0 Å². The molecule has 0 aliphatic heterocycles. The average molecular weight is 203 g/mol. The van der Waals surface area contributed by atoms with Crippen LogP contribution in [0.5, 0.6) is 0 Å². The van der Waals surface area contributed by atoms with E-state index < -0.39 is 12.1 Å². The second-order valence-electron chi connectivity index (χ2n) is 2.40. The number of aromatic nitrogens is 1. The molecule has 1 rings (SSSR count). The lowest BCUT2D eigenvalue weighted by Crippen LogP contribution is -1.97. The number of alkyl halides is 2. The van der Waals surface area contributed by atoms with Gasteiger partial charge in [0.2, 0.25) is 0 Å². The Bertz CT molecular complexity index is 371. The first-order chi connectivity index (χ1) is 6.06. The van der Waals surface area contributed by atoms with Crippen molar-refractivity contribution in [1.29, 1.82) is 5.26 Å². The van der Waals surface area contributed by atoms with Crippen molar-refractivity contribution < 1.29 is 8.78 Å². The highest BCUT2D eigenvalue weighted by Crippen LogP contribution is 2.24. The monoisotopic (exact) mass is 202 g/mol. The number of pyridine rings is 1. The van der Waals surface area contributed by atoms with E-state index in [1.807, 2.05) is 0 Å². The minimum Gasteiger partial charge on any atom is -0.249 e. The number of hydrogen-bond acceptors (Lipinski definition) is 2. The molecule has 0 aliphatic carbocycles. The van der Waals surface area contributed by atoms with E-state index in [4.69, 9.17) is 16.9 Å². The average Bonchev–Trinajstić information content (AvgIpc) is 2.08. The lowest BCUT2D eigenvalue weighted by atomic mass is 10.2. The van der Waals surface area contributed by atoms with Gasteiger partial charge in [0, 0.05) is 0 Å². The maximum Gasteiger partial charge on any atom is 0.281 e. The van der Waals surface area contributed by atoms with Crippen molar-refractivity contribution >= 4 is 11.6 Å². The van der Waals surface area contributed by atoms with Crippen molar-refractivity contribution in [3.05, 3.63) is 28.0 Å². The fraction of sp³-hybridized carbons (Fsp3) is 0.250. The molecule has 0 aromatic carbocycles. The Balaban J connectivity index is 3.35. The van der Waals surface area contributed by atoms with Gasteiger partial charge in [0.25, 0.3) is 6.43 Å². The molecule has 0 bridgehead atoms. The highest BCUT2D eigenvalue weighted by molar-refractivity contribution is 6.31. The molecule has 13 heavy (non-hydrogen) atoms. The van der Waals surface area contributed by atoms with E-state index in [0.717, 1.165) is 0 Å². The van der Waals surface area contributed by atoms with Gasteiger partial charge in [-0.3, -0.25) is 0 Å². The van der Waals surface area contributed by atoms with E-state index in [-0.39, 0.29) is 10.6 Å². The second-order valence-corrected chi connectivity index (χ2v) is 2.81. The van der Waals surface area contributed by atoms with Crippen molar-refractivity contribution in [3.8, 4) is 6.07 Å². The zero-order valence-corrected chi connectivity index (χ0v) is 7.44. The Labute approximate surface area is 78.8 Å². The van der Waals surface area contributed by atoms with E-state index in [1.165, 1.54) is 13.0 Å². The van der Waals surface area contributed by atoms with Crippen LogP contribution in [0.4, 0.5) is 8.78 Å². The molecule has 0 aliphatic rings. The van der Waals surface area contributed by atoms with Crippen molar-refractivity contribution in [3.63, 3.8) is 0 Å². The van der Waals surface area contributed by atoms with Crippen molar-refractivity contribution in [2.75, 3.05) is 0 Å². The molecular formula is C8H5ClF2N2. The summed E-state index contributed by atoms with van der Waals surface area (Å²) in [5.41, 5.74) is -0.383. The molecule has 0 saturated heterocycles. The first kappa shape index (κ1) is 9.87. The summed E-state index contributed by atoms with van der Waals surface area (Å²) >= 11 is 5.61. The molecule has 0 unspecified atom stereocenters. The van der Waals surface area contributed by atoms with Gasteiger partial charge < -0.3 is 0 Å². The van der Waals surface area contributed by atoms with E-state index in [9.17, 15) is 8.78 Å². The Kier molecular flexibility index (Phi) is 2.79. The van der Waals surface area contributed by atoms with Crippen molar-refractivity contribution in [2.45, 2.75) is 13.3 Å². The van der Waals surface area contributed by atoms with Gasteiger partial charge >= 0.3 is 0 Å². The third-order valence-corrected chi connectivity index (χ3v) is 1.89. The third-order valence-electron chi connectivity index (χ3n) is 1.51. The Morgan fingerprint density at radius 1 is 1.62 bits per heavy atom. The lowest BCUT2D eigenvalue weighted by Gasteiger charge is -2.04. The fourth-order valence-corrected chi connectivity index (χ4v) is 1.01. The molecular weight excluding hydrogens is 198 g/mol. The maximum absolute atomic E-state index is 12.3. The molecule has 0 radical (unpaired) electrons. The van der Waals surface area contributed by atoms with Crippen LogP contribution in [0.3, 0.4) is 0 Å². The van der Waals surface area contributed by atoms with Crippen LogP contribution in [-0.2, 0) is 0 Å². The highest BCUT2D eigenvalue weighted by Gasteiger charge is 2.16. The topological polar surface area (TPSA) is 36.7 Å². The molecule has 0 fully saturated rings. The largest absolute Gasteiger partial charge is 0.281 e. The minimum absolute atomic E-state index is 0.175. The summed E-state index contributed by atoms with van der Waals surface area (Å²) in [4.78, 5) is 3.54. The summed E-state index contributed by atoms with van der Waals surface area (Å²) in [5, 5.41) is 8.72. The number of rotatable bonds is 1. The fourth-order valence-electron chi connectivity index (χ4n) is 0.855. The number of nitrogens with zero attached hydrogens (tertiary/aromatic N) is 2. The van der Waals surface area contributed by atoms with Gasteiger partial charge in [-0.2, -0.15) is 5.26 Å². The summed E-state index contributed by atoms with van der Waals surface area (Å²) in [6, 6.07) is 2.82. The van der Waals surface area contributed by atoms with Gasteiger partial charge in [0.05, 0.1) is 16.3 Å². The smallest absolute Gasteiger partial charge is 0.249 e. The lowest BCUT2D eigenvalue weighted by molar-refractivity contribution is 0.145. The normalized spacial score (nSPS) is 10.2. The van der Waals surface area contributed by atoms with Crippen LogP contribution in [0.15, 0.2) is 6.07 Å². The Hall–Kier alpha value is -1.21. The van der Waals surface area contributed by atoms with E-state index in [0.29, 0.717) is 5.69 Å². The molecule has 0 saturated carbocycles. The molecule has 2 nitrogen and oxygen atoms in total. The van der Waals surface area contributed by atoms with Crippen molar-refractivity contribution in [2.24, 2.45) is 0 Å². The molecule has 0 amide bonds. The molecule has 1 aromatic rings. The van der Waals surface area contributed by atoms with Crippen LogP contribution in [0.1, 0.15) is 23.4 Å². The molecule has 1 aromatic heterocycles. The SMILES string of the molecule is Cc1nc(C(F)F)c(C#N)cc1Cl. The number of hydrogen-bond donors (Lipinski definition) is 0. The zero-order chi connectivity index (χ0) is 10.0. The van der Waals surface area contributed by atoms with E-state index in [2.05, 4.69) is 4.98 Å². The first-order valence-corrected chi connectivity index (χ1v) is 3.79. The van der Waals surface area contributed by atoms with Crippen LogP contribution in [0.2, 0.25) is 5.02 Å². The van der Waals surface area contributed by atoms with Gasteiger partial charge in [-0.05, 0) is 13.0 Å². The third kappa shape index (κ3) is 1.93. The summed E-state index contributed by atoms with van der Waals surface area (Å²) in [5.74, 6) is 0.